The molecule has 4 aromatic rings. The number of nitrogens with one attached hydrogen (secondary N) is 1. The van der Waals surface area contributed by atoms with E-state index in [2.05, 4.69) is 24.4 Å². The van der Waals surface area contributed by atoms with Gasteiger partial charge in [-0.25, -0.2) is 4.98 Å². The van der Waals surface area contributed by atoms with E-state index in [1.807, 2.05) is 41.3 Å². The predicted octanol–water partition coefficient (Wildman–Crippen LogP) is 5.65. The Balaban J connectivity index is 1.65. The minimum Gasteiger partial charge on any atom is -0.497 e. The number of carbonyl (C=O) groups excluding carboxylic acids is 1. The molecule has 164 valence electrons. The molecule has 0 atom stereocenters. The normalized spacial score (nSPS) is 10.7. The Morgan fingerprint density at radius 3 is 2.50 bits per heavy atom. The lowest BCUT2D eigenvalue weighted by atomic mass is 10.1. The van der Waals surface area contributed by atoms with Crippen LogP contribution >= 0.6 is 11.3 Å². The summed E-state index contributed by atoms with van der Waals surface area (Å²) in [6.45, 7) is 2.22. The Bertz CT molecular complexity index is 1190. The van der Waals surface area contributed by atoms with Crippen molar-refractivity contribution in [1.29, 1.82) is 0 Å². The number of thiazole rings is 1. The third-order valence-corrected chi connectivity index (χ3v) is 6.21. The third-order valence-electron chi connectivity index (χ3n) is 5.15. The van der Waals surface area contributed by atoms with Crippen molar-refractivity contribution in [2.75, 3.05) is 31.0 Å². The van der Waals surface area contributed by atoms with Crippen molar-refractivity contribution >= 4 is 44.0 Å². The van der Waals surface area contributed by atoms with Gasteiger partial charge in [-0.2, -0.15) is 0 Å². The van der Waals surface area contributed by atoms with Crippen LogP contribution in [0.4, 0.5) is 16.5 Å². The lowest BCUT2D eigenvalue weighted by Gasteiger charge is -2.22. The minimum absolute atomic E-state index is 0.103. The molecule has 0 unspecified atom stereocenters. The average Bonchev–Trinajstić information content (AvgIpc) is 3.26. The molecule has 7 heteroatoms. The highest BCUT2D eigenvalue weighted by molar-refractivity contribution is 7.22. The van der Waals surface area contributed by atoms with E-state index in [0.29, 0.717) is 17.2 Å². The number of hydrogen-bond donors (Lipinski definition) is 1. The lowest BCUT2D eigenvalue weighted by molar-refractivity contribution is -0.114. The van der Waals surface area contributed by atoms with Crippen LogP contribution in [0, 0.1) is 0 Å². The van der Waals surface area contributed by atoms with Crippen LogP contribution in [-0.4, -0.2) is 31.7 Å². The number of para-hydroxylation sites is 1. The first-order valence-corrected chi connectivity index (χ1v) is 11.2. The number of rotatable bonds is 8. The highest BCUT2D eigenvalue weighted by Gasteiger charge is 2.19. The number of fused-ring (bicyclic) bond motifs is 1. The van der Waals surface area contributed by atoms with E-state index in [0.717, 1.165) is 27.5 Å². The summed E-state index contributed by atoms with van der Waals surface area (Å²) in [4.78, 5) is 19.8. The first kappa shape index (κ1) is 21.6. The van der Waals surface area contributed by atoms with E-state index in [4.69, 9.17) is 14.5 Å². The molecule has 0 bridgehead atoms. The van der Waals surface area contributed by atoms with E-state index in [-0.39, 0.29) is 12.5 Å². The zero-order valence-electron chi connectivity index (χ0n) is 18.3. The molecule has 0 spiro atoms. The number of methoxy groups -OCH3 is 2. The van der Waals surface area contributed by atoms with Gasteiger partial charge in [0.15, 0.2) is 5.13 Å². The summed E-state index contributed by atoms with van der Waals surface area (Å²) < 4.78 is 11.8. The largest absolute Gasteiger partial charge is 0.497 e. The van der Waals surface area contributed by atoms with Crippen LogP contribution < -0.4 is 19.7 Å². The predicted molar refractivity (Wildman–Crippen MR) is 131 cm³/mol. The molecule has 0 saturated heterocycles. The molecule has 3 aromatic carbocycles. The number of nitrogens with zero attached hydrogens (tertiary/aromatic N) is 2. The van der Waals surface area contributed by atoms with Gasteiger partial charge >= 0.3 is 0 Å². The molecule has 0 fully saturated rings. The summed E-state index contributed by atoms with van der Waals surface area (Å²) in [5, 5.41) is 3.72. The van der Waals surface area contributed by atoms with E-state index in [9.17, 15) is 4.79 Å². The van der Waals surface area contributed by atoms with Crippen molar-refractivity contribution in [3.63, 3.8) is 0 Å². The summed E-state index contributed by atoms with van der Waals surface area (Å²) in [6, 6.07) is 21.5. The van der Waals surface area contributed by atoms with Crippen LogP contribution in [0.15, 0.2) is 66.7 Å². The number of anilines is 3. The second-order valence-electron chi connectivity index (χ2n) is 7.18. The first-order valence-electron chi connectivity index (χ1n) is 10.3. The summed E-state index contributed by atoms with van der Waals surface area (Å²) >= 11 is 1.56. The molecule has 32 heavy (non-hydrogen) atoms. The maximum absolute atomic E-state index is 13.1. The second-order valence-corrected chi connectivity index (χ2v) is 8.19. The van der Waals surface area contributed by atoms with Crippen LogP contribution in [0.3, 0.4) is 0 Å². The van der Waals surface area contributed by atoms with Gasteiger partial charge in [0.2, 0.25) is 5.91 Å². The first-order chi connectivity index (χ1) is 15.6. The minimum atomic E-state index is -0.185. The zero-order valence-corrected chi connectivity index (χ0v) is 19.1. The Morgan fingerprint density at radius 2 is 1.81 bits per heavy atom. The Morgan fingerprint density at radius 1 is 1.03 bits per heavy atom. The quantitative estimate of drug-likeness (QED) is 0.378. The van der Waals surface area contributed by atoms with E-state index >= 15 is 0 Å². The maximum atomic E-state index is 13.1. The topological polar surface area (TPSA) is 63.7 Å². The van der Waals surface area contributed by atoms with Crippen molar-refractivity contribution in [3.05, 3.63) is 72.3 Å². The van der Waals surface area contributed by atoms with Gasteiger partial charge in [-0.15, -0.1) is 0 Å². The number of aromatic nitrogens is 1. The van der Waals surface area contributed by atoms with E-state index in [1.54, 1.807) is 43.8 Å². The number of amides is 1. The molecule has 0 radical (unpaired) electrons. The van der Waals surface area contributed by atoms with Crippen LogP contribution in [0.25, 0.3) is 10.2 Å². The smallest absolute Gasteiger partial charge is 0.244 e. The lowest BCUT2D eigenvalue weighted by Crippen LogP contribution is -2.29. The van der Waals surface area contributed by atoms with Crippen molar-refractivity contribution in [2.45, 2.75) is 13.3 Å². The Labute approximate surface area is 191 Å². The fourth-order valence-corrected chi connectivity index (χ4v) is 4.39. The van der Waals surface area contributed by atoms with Gasteiger partial charge in [0.05, 0.1) is 30.1 Å². The van der Waals surface area contributed by atoms with E-state index in [1.165, 1.54) is 5.56 Å². The van der Waals surface area contributed by atoms with Crippen LogP contribution in [0.2, 0.25) is 0 Å². The third kappa shape index (κ3) is 4.68. The maximum Gasteiger partial charge on any atom is 0.244 e. The number of aryl methyl sites for hydroxylation is 1. The van der Waals surface area contributed by atoms with Crippen LogP contribution in [0.5, 0.6) is 11.5 Å². The van der Waals surface area contributed by atoms with Crippen LogP contribution in [0.1, 0.15) is 12.5 Å². The summed E-state index contributed by atoms with van der Waals surface area (Å²) in [5.74, 6) is 1.02. The molecule has 1 N–H and O–H groups in total. The van der Waals surface area contributed by atoms with Gasteiger partial charge in [-0.05, 0) is 48.4 Å². The molecule has 0 aliphatic heterocycles. The van der Waals surface area contributed by atoms with E-state index < -0.39 is 0 Å². The average molecular weight is 448 g/mol. The molecular formula is C25H25N3O3S. The molecule has 0 saturated carbocycles. The Kier molecular flexibility index (Phi) is 6.56. The van der Waals surface area contributed by atoms with Gasteiger partial charge in [0.25, 0.3) is 0 Å². The van der Waals surface area contributed by atoms with Crippen LogP contribution in [-0.2, 0) is 11.2 Å². The van der Waals surface area contributed by atoms with Gasteiger partial charge in [0.1, 0.15) is 18.0 Å². The molecule has 0 aliphatic carbocycles. The fraction of sp³-hybridized carbons (Fsp3) is 0.200. The molecule has 6 nitrogen and oxygen atoms in total. The molecular weight excluding hydrogens is 422 g/mol. The van der Waals surface area contributed by atoms with Crippen molar-refractivity contribution in [2.24, 2.45) is 0 Å². The molecule has 4 rings (SSSR count). The number of carbonyl (C=O) groups is 1. The van der Waals surface area contributed by atoms with Gasteiger partial charge in [-0.3, -0.25) is 4.79 Å². The van der Waals surface area contributed by atoms with Crippen molar-refractivity contribution in [1.82, 2.24) is 4.98 Å². The Hall–Kier alpha value is -3.58. The highest BCUT2D eigenvalue weighted by atomic mass is 32.1. The number of benzene rings is 3. The standard InChI is InChI=1S/C25H25N3O3S/c1-4-17-9-11-18(12-10-17)28(25-27-20-7-5-6-8-23(20)32-25)16-24(29)26-21-15-19(30-2)13-14-22(21)31-3/h5-15H,4,16H2,1-3H3,(H,26,29). The number of hydrogen-bond acceptors (Lipinski definition) is 6. The zero-order chi connectivity index (χ0) is 22.5. The molecule has 1 heterocycles. The van der Waals surface area contributed by atoms with Gasteiger partial charge < -0.3 is 19.7 Å². The van der Waals surface area contributed by atoms with Gasteiger partial charge in [0, 0.05) is 11.8 Å². The highest BCUT2D eigenvalue weighted by Crippen LogP contribution is 2.34. The van der Waals surface area contributed by atoms with Gasteiger partial charge in [-0.1, -0.05) is 42.5 Å². The summed E-state index contributed by atoms with van der Waals surface area (Å²) in [7, 11) is 3.16. The monoisotopic (exact) mass is 447 g/mol. The number of ether oxygens (including phenoxy) is 2. The van der Waals surface area contributed by atoms with Crippen molar-refractivity contribution < 1.29 is 14.3 Å². The van der Waals surface area contributed by atoms with Crippen molar-refractivity contribution in [3.8, 4) is 11.5 Å². The molecule has 0 aliphatic rings. The fourth-order valence-electron chi connectivity index (χ4n) is 3.40. The summed E-state index contributed by atoms with van der Waals surface area (Å²) in [6.07, 6.45) is 0.956. The molecule has 1 aromatic heterocycles. The SMILES string of the molecule is CCc1ccc(N(CC(=O)Nc2cc(OC)ccc2OC)c2nc3ccccc3s2)cc1. The second kappa shape index (κ2) is 9.70. The summed E-state index contributed by atoms with van der Waals surface area (Å²) in [5.41, 5.74) is 3.62. The molecule has 1 amide bonds.